The van der Waals surface area contributed by atoms with Crippen LogP contribution in [0.25, 0.3) is 0 Å². The van der Waals surface area contributed by atoms with E-state index in [1.54, 1.807) is 0 Å². The Balaban J connectivity index is 1.78. The molecular weight excluding hydrogens is 336 g/mol. The quantitative estimate of drug-likeness (QED) is 0.750. The zero-order chi connectivity index (χ0) is 18.3. The molecule has 7 nitrogen and oxygen atoms in total. The lowest BCUT2D eigenvalue weighted by Crippen LogP contribution is -2.71. The topological polar surface area (TPSA) is 89.9 Å². The van der Waals surface area contributed by atoms with Gasteiger partial charge in [0.15, 0.2) is 0 Å². The van der Waals surface area contributed by atoms with Crippen LogP contribution in [0.3, 0.4) is 0 Å². The minimum Gasteiger partial charge on any atom is -0.391 e. The SMILES string of the molecule is C[C@@H](O)[C@@H]1NC(=O)[C@H]2CN(C(=O)c3cc(F)cc(F)c3)CCN2C1=O. The van der Waals surface area contributed by atoms with E-state index >= 15 is 0 Å². The van der Waals surface area contributed by atoms with Gasteiger partial charge in [-0.25, -0.2) is 8.78 Å². The molecule has 0 aromatic heterocycles. The molecule has 3 rings (SSSR count). The summed E-state index contributed by atoms with van der Waals surface area (Å²) < 4.78 is 26.6. The van der Waals surface area contributed by atoms with E-state index in [4.69, 9.17) is 0 Å². The standard InChI is InChI=1S/C16H17F2N3O4/c1-8(22)13-16(25)21-3-2-20(7-12(21)14(23)19-13)15(24)9-4-10(17)6-11(18)5-9/h4-6,8,12-13,22H,2-3,7H2,1H3,(H,19,23)/t8-,12-,13+/m1/s1. The largest absolute Gasteiger partial charge is 0.391 e. The second kappa shape index (κ2) is 6.40. The second-order valence-corrected chi connectivity index (χ2v) is 6.18. The summed E-state index contributed by atoms with van der Waals surface area (Å²) in [6, 6.07) is 0.612. The Morgan fingerprint density at radius 1 is 1.24 bits per heavy atom. The van der Waals surface area contributed by atoms with Gasteiger partial charge in [-0.3, -0.25) is 14.4 Å². The van der Waals surface area contributed by atoms with Gasteiger partial charge in [0.2, 0.25) is 11.8 Å². The molecule has 2 aliphatic rings. The van der Waals surface area contributed by atoms with Crippen LogP contribution in [0.5, 0.6) is 0 Å². The lowest BCUT2D eigenvalue weighted by Gasteiger charge is -2.45. The first-order chi connectivity index (χ1) is 11.8. The molecule has 9 heteroatoms. The Morgan fingerprint density at radius 2 is 1.88 bits per heavy atom. The van der Waals surface area contributed by atoms with Crippen LogP contribution < -0.4 is 5.32 Å². The highest BCUT2D eigenvalue weighted by atomic mass is 19.1. The van der Waals surface area contributed by atoms with Gasteiger partial charge in [0.1, 0.15) is 23.7 Å². The molecular formula is C16H17F2N3O4. The summed E-state index contributed by atoms with van der Waals surface area (Å²) in [5.74, 6) is -3.24. The molecule has 0 radical (unpaired) electrons. The molecule has 2 N–H and O–H groups in total. The molecule has 2 saturated heterocycles. The van der Waals surface area contributed by atoms with E-state index in [0.29, 0.717) is 6.07 Å². The summed E-state index contributed by atoms with van der Waals surface area (Å²) in [7, 11) is 0. The van der Waals surface area contributed by atoms with E-state index < -0.39 is 47.5 Å². The third-order valence-electron chi connectivity index (χ3n) is 4.41. The van der Waals surface area contributed by atoms with Crippen molar-refractivity contribution in [1.29, 1.82) is 0 Å². The molecule has 0 spiro atoms. The number of hydrogen-bond donors (Lipinski definition) is 2. The van der Waals surface area contributed by atoms with Crippen LogP contribution in [0.15, 0.2) is 18.2 Å². The summed E-state index contributed by atoms with van der Waals surface area (Å²) in [4.78, 5) is 39.6. The fourth-order valence-corrected chi connectivity index (χ4v) is 3.13. The van der Waals surface area contributed by atoms with Crippen LogP contribution in [0.1, 0.15) is 17.3 Å². The van der Waals surface area contributed by atoms with Crippen LogP contribution in [-0.2, 0) is 9.59 Å². The number of aliphatic hydroxyl groups is 1. The summed E-state index contributed by atoms with van der Waals surface area (Å²) in [6.07, 6.45) is -1.03. The molecule has 0 unspecified atom stereocenters. The zero-order valence-corrected chi connectivity index (χ0v) is 13.4. The Kier molecular flexibility index (Phi) is 4.42. The maximum Gasteiger partial charge on any atom is 0.254 e. The highest BCUT2D eigenvalue weighted by Gasteiger charge is 2.45. The number of carbonyl (C=O) groups excluding carboxylic acids is 3. The molecule has 2 fully saturated rings. The van der Waals surface area contributed by atoms with Crippen molar-refractivity contribution in [2.45, 2.75) is 25.1 Å². The van der Waals surface area contributed by atoms with Crippen molar-refractivity contribution in [2.24, 2.45) is 0 Å². The van der Waals surface area contributed by atoms with Crippen molar-refractivity contribution >= 4 is 17.7 Å². The van der Waals surface area contributed by atoms with E-state index in [2.05, 4.69) is 5.32 Å². The van der Waals surface area contributed by atoms with Crippen molar-refractivity contribution in [3.63, 3.8) is 0 Å². The van der Waals surface area contributed by atoms with Gasteiger partial charge in [0.05, 0.1) is 12.6 Å². The van der Waals surface area contributed by atoms with Gasteiger partial charge < -0.3 is 20.2 Å². The summed E-state index contributed by atoms with van der Waals surface area (Å²) >= 11 is 0. The smallest absolute Gasteiger partial charge is 0.254 e. The number of fused-ring (bicyclic) bond motifs is 1. The maximum atomic E-state index is 13.3. The molecule has 1 aromatic rings. The van der Waals surface area contributed by atoms with Crippen LogP contribution in [0.4, 0.5) is 8.78 Å². The van der Waals surface area contributed by atoms with E-state index in [1.165, 1.54) is 16.7 Å². The van der Waals surface area contributed by atoms with E-state index in [1.807, 2.05) is 0 Å². The molecule has 0 saturated carbocycles. The van der Waals surface area contributed by atoms with Crippen molar-refractivity contribution < 1.29 is 28.3 Å². The van der Waals surface area contributed by atoms with E-state index in [9.17, 15) is 28.3 Å². The van der Waals surface area contributed by atoms with Crippen LogP contribution in [0, 0.1) is 11.6 Å². The summed E-state index contributed by atoms with van der Waals surface area (Å²) in [6.45, 7) is 1.55. The number of hydrogen-bond acceptors (Lipinski definition) is 4. The molecule has 3 amide bonds. The van der Waals surface area contributed by atoms with Gasteiger partial charge in [-0.1, -0.05) is 0 Å². The average Bonchev–Trinajstić information content (AvgIpc) is 2.55. The Hall–Kier alpha value is -2.55. The number of benzene rings is 1. The highest BCUT2D eigenvalue weighted by Crippen LogP contribution is 2.20. The Labute approximate surface area is 142 Å². The third-order valence-corrected chi connectivity index (χ3v) is 4.41. The van der Waals surface area contributed by atoms with Gasteiger partial charge in [-0.05, 0) is 19.1 Å². The van der Waals surface area contributed by atoms with Gasteiger partial charge in [0.25, 0.3) is 5.91 Å². The predicted octanol–water partition coefficient (Wildman–Crippen LogP) is -0.503. The first kappa shape index (κ1) is 17.3. The van der Waals surface area contributed by atoms with Gasteiger partial charge in [0, 0.05) is 24.7 Å². The lowest BCUT2D eigenvalue weighted by molar-refractivity contribution is -0.155. The summed E-state index contributed by atoms with van der Waals surface area (Å²) in [5.41, 5.74) is -0.157. The number of carbonyl (C=O) groups is 3. The number of piperazine rings is 2. The van der Waals surface area contributed by atoms with Gasteiger partial charge in [-0.2, -0.15) is 0 Å². The molecule has 25 heavy (non-hydrogen) atoms. The third kappa shape index (κ3) is 3.19. The molecule has 2 aliphatic heterocycles. The first-order valence-electron chi connectivity index (χ1n) is 7.82. The zero-order valence-electron chi connectivity index (χ0n) is 13.4. The van der Waals surface area contributed by atoms with Crippen LogP contribution in [-0.4, -0.2) is 70.4 Å². The minimum absolute atomic E-state index is 0.0823. The number of aliphatic hydroxyl groups excluding tert-OH is 1. The Morgan fingerprint density at radius 3 is 2.48 bits per heavy atom. The molecule has 2 heterocycles. The van der Waals surface area contributed by atoms with Crippen molar-refractivity contribution in [1.82, 2.24) is 15.1 Å². The van der Waals surface area contributed by atoms with Crippen molar-refractivity contribution in [3.05, 3.63) is 35.4 Å². The number of amides is 3. The molecule has 0 bridgehead atoms. The van der Waals surface area contributed by atoms with Crippen LogP contribution in [0.2, 0.25) is 0 Å². The molecule has 1 aromatic carbocycles. The van der Waals surface area contributed by atoms with Gasteiger partial charge >= 0.3 is 0 Å². The predicted molar refractivity (Wildman–Crippen MR) is 81.4 cm³/mol. The Bertz CT molecular complexity index is 720. The van der Waals surface area contributed by atoms with E-state index in [0.717, 1.165) is 12.1 Å². The molecule has 0 aliphatic carbocycles. The number of nitrogens with zero attached hydrogens (tertiary/aromatic N) is 2. The number of rotatable bonds is 2. The highest BCUT2D eigenvalue weighted by molar-refractivity contribution is 5.99. The maximum absolute atomic E-state index is 13.3. The normalized spacial score (nSPS) is 24.6. The number of halogens is 2. The van der Waals surface area contributed by atoms with Crippen LogP contribution >= 0.6 is 0 Å². The fraction of sp³-hybridized carbons (Fsp3) is 0.438. The molecule has 3 atom stereocenters. The minimum atomic E-state index is -1.03. The van der Waals surface area contributed by atoms with Gasteiger partial charge in [-0.15, -0.1) is 0 Å². The van der Waals surface area contributed by atoms with E-state index in [-0.39, 0.29) is 25.2 Å². The van der Waals surface area contributed by atoms with Crippen molar-refractivity contribution in [2.75, 3.05) is 19.6 Å². The average molecular weight is 353 g/mol. The number of nitrogens with one attached hydrogen (secondary N) is 1. The fourth-order valence-electron chi connectivity index (χ4n) is 3.13. The molecule has 134 valence electrons. The second-order valence-electron chi connectivity index (χ2n) is 6.18. The van der Waals surface area contributed by atoms with Crippen molar-refractivity contribution in [3.8, 4) is 0 Å². The summed E-state index contributed by atoms with van der Waals surface area (Å²) in [5, 5.41) is 12.0. The first-order valence-corrected chi connectivity index (χ1v) is 7.82. The monoisotopic (exact) mass is 353 g/mol. The lowest BCUT2D eigenvalue weighted by atomic mass is 10.0.